The van der Waals surface area contributed by atoms with Crippen LogP contribution in [0.3, 0.4) is 0 Å². The Morgan fingerprint density at radius 3 is 2.07 bits per heavy atom. The predicted octanol–water partition coefficient (Wildman–Crippen LogP) is 3.24. The molecule has 2 saturated heterocycles. The standard InChI is InChI=1S/C26H40N5O13P/c1-24(2,3)41-21(34)30-17-14(27-13-15(32)16-12(40-19(13)30)11-39-45(37,38-10)44-16)18(33)29-20(28-17)31(22(35)42-25(4,5)6)23(36)43-26(7,8)9/h12-13,15-16,19,27,32H,11H2,1-10H3,(H,28,29,33)/t12-,13+,15-,16+,19-,45+/m1/s1. The fourth-order valence-electron chi connectivity index (χ4n) is 4.53. The van der Waals surface area contributed by atoms with E-state index in [0.717, 1.165) is 12.0 Å². The molecule has 4 heterocycles. The van der Waals surface area contributed by atoms with Gasteiger partial charge in [-0.05, 0) is 62.3 Å². The smallest absolute Gasteiger partial charge is 0.443 e. The van der Waals surface area contributed by atoms with Gasteiger partial charge in [0.2, 0.25) is 5.95 Å². The summed E-state index contributed by atoms with van der Waals surface area (Å²) < 4.78 is 50.6. The maximum Gasteiger partial charge on any atom is 0.475 e. The lowest BCUT2D eigenvalue weighted by Gasteiger charge is -2.51. The molecule has 4 rings (SSSR count). The Hall–Kier alpha value is -3.28. The second-order valence-corrected chi connectivity index (χ2v) is 15.2. The minimum atomic E-state index is -4.02. The highest BCUT2D eigenvalue weighted by Crippen LogP contribution is 2.55. The van der Waals surface area contributed by atoms with Crippen LogP contribution in [-0.2, 0) is 37.1 Å². The minimum Gasteiger partial charge on any atom is -0.443 e. The van der Waals surface area contributed by atoms with Gasteiger partial charge in [0.1, 0.15) is 46.8 Å². The van der Waals surface area contributed by atoms with Gasteiger partial charge in [-0.3, -0.25) is 23.3 Å². The van der Waals surface area contributed by atoms with Gasteiger partial charge in [0.25, 0.3) is 5.56 Å². The van der Waals surface area contributed by atoms with E-state index >= 15 is 0 Å². The summed E-state index contributed by atoms with van der Waals surface area (Å²) in [7, 11) is -2.91. The third-order valence-corrected chi connectivity index (χ3v) is 7.61. The summed E-state index contributed by atoms with van der Waals surface area (Å²) in [6.07, 6.45) is -8.74. The van der Waals surface area contributed by atoms with Crippen LogP contribution in [0.4, 0.5) is 31.8 Å². The first kappa shape index (κ1) is 34.6. The number of amides is 3. The highest BCUT2D eigenvalue weighted by atomic mass is 31.2. The average molecular weight is 662 g/mol. The van der Waals surface area contributed by atoms with Crippen LogP contribution in [0, 0.1) is 0 Å². The number of H-pyrrole nitrogens is 1. The molecule has 0 radical (unpaired) electrons. The number of carbonyl (C=O) groups excluding carboxylic acids is 3. The highest BCUT2D eigenvalue weighted by molar-refractivity contribution is 7.48. The van der Waals surface area contributed by atoms with Gasteiger partial charge < -0.3 is 29.4 Å². The molecule has 0 unspecified atom stereocenters. The molecule has 1 aromatic rings. The van der Waals surface area contributed by atoms with Gasteiger partial charge in [0.15, 0.2) is 12.0 Å². The molecule has 3 N–H and O–H groups in total. The number of phosphoric ester groups is 1. The summed E-state index contributed by atoms with van der Waals surface area (Å²) in [6.45, 7) is 13.9. The van der Waals surface area contributed by atoms with E-state index in [1.54, 1.807) is 62.3 Å². The molecule has 0 spiro atoms. The van der Waals surface area contributed by atoms with Crippen molar-refractivity contribution in [3.63, 3.8) is 0 Å². The Labute approximate surface area is 259 Å². The number of rotatable bonds is 2. The third kappa shape index (κ3) is 7.58. The summed E-state index contributed by atoms with van der Waals surface area (Å²) in [5, 5.41) is 14.2. The quantitative estimate of drug-likeness (QED) is 0.306. The van der Waals surface area contributed by atoms with Gasteiger partial charge in [-0.15, -0.1) is 4.90 Å². The molecule has 45 heavy (non-hydrogen) atoms. The molecule has 18 nitrogen and oxygen atoms in total. The molecule has 19 heteroatoms. The van der Waals surface area contributed by atoms with Crippen LogP contribution in [0.5, 0.6) is 0 Å². The Bertz CT molecular complexity index is 1420. The second-order valence-electron chi connectivity index (χ2n) is 13.5. The molecule has 0 saturated carbocycles. The molecule has 1 aromatic heterocycles. The molecule has 0 bridgehead atoms. The third-order valence-electron chi connectivity index (χ3n) is 6.20. The van der Waals surface area contributed by atoms with E-state index in [1.165, 1.54) is 0 Å². The number of nitrogens with one attached hydrogen (secondary N) is 2. The normalized spacial score (nSPS) is 28.1. The molecule has 3 amide bonds. The van der Waals surface area contributed by atoms with Crippen molar-refractivity contribution in [1.82, 2.24) is 9.97 Å². The van der Waals surface area contributed by atoms with Gasteiger partial charge in [-0.25, -0.2) is 23.8 Å². The molecule has 252 valence electrons. The van der Waals surface area contributed by atoms with E-state index in [0.29, 0.717) is 4.90 Å². The van der Waals surface area contributed by atoms with Crippen LogP contribution >= 0.6 is 7.82 Å². The number of aliphatic hydroxyl groups excluding tert-OH is 1. The van der Waals surface area contributed by atoms with E-state index in [2.05, 4.69) is 15.3 Å². The number of carbonyl (C=O) groups is 3. The lowest BCUT2D eigenvalue weighted by atomic mass is 9.94. The van der Waals surface area contributed by atoms with Gasteiger partial charge in [-0.1, -0.05) is 0 Å². The number of hydrogen-bond donors (Lipinski definition) is 3. The van der Waals surface area contributed by atoms with Crippen molar-refractivity contribution in [3.8, 4) is 0 Å². The fraction of sp³-hybridized carbons (Fsp3) is 0.731. The van der Waals surface area contributed by atoms with E-state index < -0.39 is 90.8 Å². The number of hydrogen-bond acceptors (Lipinski definition) is 15. The van der Waals surface area contributed by atoms with Crippen molar-refractivity contribution in [2.75, 3.05) is 28.8 Å². The van der Waals surface area contributed by atoms with Crippen LogP contribution in [0.2, 0.25) is 0 Å². The lowest BCUT2D eigenvalue weighted by molar-refractivity contribution is -0.198. The van der Waals surface area contributed by atoms with Gasteiger partial charge in [0, 0.05) is 7.11 Å². The monoisotopic (exact) mass is 661 g/mol. The summed E-state index contributed by atoms with van der Waals surface area (Å²) in [6, 6.07) is -1.25. The molecule has 0 aromatic carbocycles. The first-order valence-corrected chi connectivity index (χ1v) is 15.5. The van der Waals surface area contributed by atoms with E-state index in [4.69, 9.17) is 32.5 Å². The summed E-state index contributed by atoms with van der Waals surface area (Å²) in [5.74, 6) is -1.05. The number of phosphoric acid groups is 1. The number of ether oxygens (including phenoxy) is 4. The van der Waals surface area contributed by atoms with Crippen LogP contribution in [0.25, 0.3) is 0 Å². The van der Waals surface area contributed by atoms with Gasteiger partial charge in [0.05, 0.1) is 6.61 Å². The zero-order chi connectivity index (χ0) is 33.9. The van der Waals surface area contributed by atoms with Crippen LogP contribution in [0.15, 0.2) is 4.79 Å². The van der Waals surface area contributed by atoms with E-state index in [1.807, 2.05) is 0 Å². The molecular formula is C26H40N5O13P. The second kappa shape index (κ2) is 11.8. The summed E-state index contributed by atoms with van der Waals surface area (Å²) in [4.78, 5) is 61.7. The molecule has 0 aliphatic carbocycles. The minimum absolute atomic E-state index is 0.343. The largest absolute Gasteiger partial charge is 0.475 e. The van der Waals surface area contributed by atoms with Crippen molar-refractivity contribution in [2.24, 2.45) is 0 Å². The van der Waals surface area contributed by atoms with E-state index in [9.17, 15) is 28.8 Å². The Kier molecular flexibility index (Phi) is 9.09. The topological polar surface area (TPSA) is 217 Å². The van der Waals surface area contributed by atoms with Crippen LogP contribution in [-0.4, -0.2) is 94.5 Å². The maximum atomic E-state index is 13.7. The van der Waals surface area contributed by atoms with Crippen LogP contribution < -0.4 is 20.7 Å². The molecule has 3 aliphatic heterocycles. The van der Waals surface area contributed by atoms with Crippen molar-refractivity contribution >= 4 is 43.6 Å². The van der Waals surface area contributed by atoms with Crippen molar-refractivity contribution < 1.29 is 56.6 Å². The Morgan fingerprint density at radius 2 is 1.56 bits per heavy atom. The number of aliphatic hydroxyl groups is 1. The summed E-state index contributed by atoms with van der Waals surface area (Å²) in [5.41, 5.74) is -4.48. The van der Waals surface area contributed by atoms with Gasteiger partial charge in [-0.2, -0.15) is 4.98 Å². The zero-order valence-corrected chi connectivity index (χ0v) is 27.6. The van der Waals surface area contributed by atoms with Crippen molar-refractivity contribution in [2.45, 2.75) is 110 Å². The average Bonchev–Trinajstić information content (AvgIpc) is 2.85. The van der Waals surface area contributed by atoms with Gasteiger partial charge >= 0.3 is 26.1 Å². The fourth-order valence-corrected chi connectivity index (χ4v) is 5.67. The highest BCUT2D eigenvalue weighted by Gasteiger charge is 2.57. The number of anilines is 3. The number of fused-ring (bicyclic) bond motifs is 3. The first-order chi connectivity index (χ1) is 20.5. The number of aromatic nitrogens is 2. The van der Waals surface area contributed by atoms with E-state index in [-0.39, 0.29) is 12.3 Å². The zero-order valence-electron chi connectivity index (χ0n) is 26.7. The molecular weight excluding hydrogens is 621 g/mol. The first-order valence-electron chi connectivity index (χ1n) is 14.0. The van der Waals surface area contributed by atoms with Crippen molar-refractivity contribution in [3.05, 3.63) is 10.4 Å². The number of aromatic amines is 1. The van der Waals surface area contributed by atoms with Crippen LogP contribution in [0.1, 0.15) is 62.3 Å². The number of imide groups is 1. The maximum absolute atomic E-state index is 13.7. The predicted molar refractivity (Wildman–Crippen MR) is 156 cm³/mol. The Morgan fingerprint density at radius 1 is 1.00 bits per heavy atom. The number of nitrogens with zero attached hydrogens (tertiary/aromatic N) is 3. The SMILES string of the molecule is CO[P@@]1(=O)OC[C@H]2O[C@@H]3[C@@H](Nc4c(nc(N(C(=O)OC(C)(C)C)C(=O)OC(C)(C)C)[nH]c4=O)N3C(=O)OC(C)(C)C)[C@@H](O)[C@H]2O1. The van der Waals surface area contributed by atoms with Crippen molar-refractivity contribution in [1.29, 1.82) is 0 Å². The summed E-state index contributed by atoms with van der Waals surface area (Å²) >= 11 is 0. The lowest BCUT2D eigenvalue weighted by Crippen LogP contribution is -2.70. The molecule has 2 fully saturated rings. The molecule has 6 atom stereocenters. The molecule has 3 aliphatic rings. The Balaban J connectivity index is 1.85.